The van der Waals surface area contributed by atoms with Crippen molar-refractivity contribution < 1.29 is 9.18 Å². The minimum atomic E-state index is -0.606. The highest BCUT2D eigenvalue weighted by Gasteiger charge is 2.16. The van der Waals surface area contributed by atoms with Crippen molar-refractivity contribution in [2.24, 2.45) is 0 Å². The number of nitriles is 1. The van der Waals surface area contributed by atoms with Crippen LogP contribution in [-0.4, -0.2) is 5.91 Å². The van der Waals surface area contributed by atoms with E-state index in [4.69, 9.17) is 5.26 Å². The van der Waals surface area contributed by atoms with Gasteiger partial charge in [-0.25, -0.2) is 4.39 Å². The summed E-state index contributed by atoms with van der Waals surface area (Å²) in [6.07, 6.45) is 0. The first-order valence-corrected chi connectivity index (χ1v) is 6.58. The number of aryl methyl sites for hydroxylation is 1. The van der Waals surface area contributed by atoms with E-state index in [-0.39, 0.29) is 5.56 Å². The van der Waals surface area contributed by atoms with Gasteiger partial charge in [0.2, 0.25) is 0 Å². The van der Waals surface area contributed by atoms with Gasteiger partial charge in [-0.2, -0.15) is 5.26 Å². The Morgan fingerprint density at radius 2 is 2.10 bits per heavy atom. The van der Waals surface area contributed by atoms with Crippen LogP contribution in [-0.2, 0) is 0 Å². The molecule has 0 aromatic heterocycles. The van der Waals surface area contributed by atoms with Crippen LogP contribution in [0.15, 0.2) is 40.9 Å². The Morgan fingerprint density at radius 1 is 1.35 bits per heavy atom. The standard InChI is InChI=1S/C15H10BrFN2O/c1-9-5-6-10(8-18)7-13(9)19-15(20)14-11(16)3-2-4-12(14)17/h2-7H,1H3,(H,19,20). The number of benzene rings is 2. The van der Waals surface area contributed by atoms with Crippen molar-refractivity contribution in [3.8, 4) is 6.07 Å². The minimum Gasteiger partial charge on any atom is -0.322 e. The van der Waals surface area contributed by atoms with Gasteiger partial charge in [0, 0.05) is 10.2 Å². The summed E-state index contributed by atoms with van der Waals surface area (Å²) in [5.41, 5.74) is 1.65. The number of nitrogens with one attached hydrogen (secondary N) is 1. The summed E-state index contributed by atoms with van der Waals surface area (Å²) < 4.78 is 14.1. The number of nitrogens with zero attached hydrogens (tertiary/aromatic N) is 1. The zero-order valence-corrected chi connectivity index (χ0v) is 12.2. The molecule has 2 aromatic rings. The number of halogens is 2. The Labute approximate surface area is 124 Å². The van der Waals surface area contributed by atoms with E-state index in [1.165, 1.54) is 12.1 Å². The average Bonchev–Trinajstić information content (AvgIpc) is 2.41. The number of rotatable bonds is 2. The van der Waals surface area contributed by atoms with Crippen LogP contribution in [0, 0.1) is 24.1 Å². The third kappa shape index (κ3) is 2.86. The van der Waals surface area contributed by atoms with Crippen LogP contribution < -0.4 is 5.32 Å². The fourth-order valence-corrected chi connectivity index (χ4v) is 2.25. The van der Waals surface area contributed by atoms with Crippen molar-refractivity contribution in [1.29, 1.82) is 5.26 Å². The lowest BCUT2D eigenvalue weighted by Crippen LogP contribution is -2.15. The van der Waals surface area contributed by atoms with E-state index in [0.29, 0.717) is 15.7 Å². The number of hydrogen-bond acceptors (Lipinski definition) is 2. The molecule has 0 unspecified atom stereocenters. The Bertz CT molecular complexity index is 702. The second-order valence-electron chi connectivity index (χ2n) is 4.19. The number of carbonyl (C=O) groups is 1. The SMILES string of the molecule is Cc1ccc(C#N)cc1NC(=O)c1c(F)cccc1Br. The van der Waals surface area contributed by atoms with E-state index in [1.54, 1.807) is 31.2 Å². The fourth-order valence-electron chi connectivity index (χ4n) is 1.73. The number of hydrogen-bond donors (Lipinski definition) is 1. The Morgan fingerprint density at radius 3 is 2.75 bits per heavy atom. The zero-order chi connectivity index (χ0) is 14.7. The molecule has 0 aliphatic heterocycles. The zero-order valence-electron chi connectivity index (χ0n) is 10.6. The molecule has 2 aromatic carbocycles. The van der Waals surface area contributed by atoms with Gasteiger partial charge in [0.05, 0.1) is 17.2 Å². The van der Waals surface area contributed by atoms with Crippen LogP contribution >= 0.6 is 15.9 Å². The molecule has 20 heavy (non-hydrogen) atoms. The molecule has 3 nitrogen and oxygen atoms in total. The second-order valence-corrected chi connectivity index (χ2v) is 5.05. The molecule has 0 fully saturated rings. The highest BCUT2D eigenvalue weighted by atomic mass is 79.9. The molecule has 0 saturated carbocycles. The maximum absolute atomic E-state index is 13.7. The number of anilines is 1. The van der Waals surface area contributed by atoms with Crippen LogP contribution in [0.1, 0.15) is 21.5 Å². The molecule has 0 saturated heterocycles. The van der Waals surface area contributed by atoms with Gasteiger partial charge in [-0.1, -0.05) is 12.1 Å². The van der Waals surface area contributed by atoms with Gasteiger partial charge in [-0.15, -0.1) is 0 Å². The highest BCUT2D eigenvalue weighted by molar-refractivity contribution is 9.10. The predicted octanol–water partition coefficient (Wildman–Crippen LogP) is 4.02. The first-order chi connectivity index (χ1) is 9.52. The molecule has 5 heteroatoms. The van der Waals surface area contributed by atoms with Gasteiger partial charge < -0.3 is 5.32 Å². The summed E-state index contributed by atoms with van der Waals surface area (Å²) in [6.45, 7) is 1.80. The molecule has 2 rings (SSSR count). The topological polar surface area (TPSA) is 52.9 Å². The van der Waals surface area contributed by atoms with E-state index in [2.05, 4.69) is 21.2 Å². The second kappa shape index (κ2) is 5.85. The number of amides is 1. The third-order valence-corrected chi connectivity index (χ3v) is 3.47. The maximum atomic E-state index is 13.7. The Hall–Kier alpha value is -2.19. The van der Waals surface area contributed by atoms with Crippen molar-refractivity contribution in [2.75, 3.05) is 5.32 Å². The van der Waals surface area contributed by atoms with Gasteiger partial charge in [0.1, 0.15) is 5.82 Å². The fraction of sp³-hybridized carbons (Fsp3) is 0.0667. The van der Waals surface area contributed by atoms with E-state index in [1.807, 2.05) is 6.07 Å². The monoisotopic (exact) mass is 332 g/mol. The molecule has 0 aliphatic rings. The average molecular weight is 333 g/mol. The quantitative estimate of drug-likeness (QED) is 0.902. The summed E-state index contributed by atoms with van der Waals surface area (Å²) in [5.74, 6) is -1.17. The molecule has 0 bridgehead atoms. The molecule has 1 amide bonds. The van der Waals surface area contributed by atoms with E-state index in [0.717, 1.165) is 5.56 Å². The lowest BCUT2D eigenvalue weighted by Gasteiger charge is -2.10. The molecule has 100 valence electrons. The van der Waals surface area contributed by atoms with Gasteiger partial charge in [0.25, 0.3) is 5.91 Å². The Balaban J connectivity index is 2.36. The summed E-state index contributed by atoms with van der Waals surface area (Å²) >= 11 is 3.15. The molecular weight excluding hydrogens is 323 g/mol. The summed E-state index contributed by atoms with van der Waals surface area (Å²) in [7, 11) is 0. The summed E-state index contributed by atoms with van der Waals surface area (Å²) in [5, 5.41) is 11.5. The minimum absolute atomic E-state index is 0.0609. The van der Waals surface area contributed by atoms with E-state index in [9.17, 15) is 9.18 Å². The largest absolute Gasteiger partial charge is 0.322 e. The first-order valence-electron chi connectivity index (χ1n) is 5.79. The van der Waals surface area contributed by atoms with E-state index >= 15 is 0 Å². The van der Waals surface area contributed by atoms with Crippen LogP contribution in [0.25, 0.3) is 0 Å². The number of carbonyl (C=O) groups excluding carboxylic acids is 1. The van der Waals surface area contributed by atoms with Crippen LogP contribution in [0.3, 0.4) is 0 Å². The lowest BCUT2D eigenvalue weighted by atomic mass is 10.1. The van der Waals surface area contributed by atoms with Crippen molar-refractivity contribution in [2.45, 2.75) is 6.92 Å². The molecule has 1 N–H and O–H groups in total. The van der Waals surface area contributed by atoms with E-state index < -0.39 is 11.7 Å². The smallest absolute Gasteiger partial charge is 0.259 e. The first kappa shape index (κ1) is 14.2. The molecule has 0 heterocycles. The van der Waals surface area contributed by atoms with Crippen molar-refractivity contribution in [3.63, 3.8) is 0 Å². The molecular formula is C15H10BrFN2O. The van der Waals surface area contributed by atoms with Crippen LogP contribution in [0.5, 0.6) is 0 Å². The van der Waals surface area contributed by atoms with Gasteiger partial charge >= 0.3 is 0 Å². The van der Waals surface area contributed by atoms with Gasteiger partial charge in [-0.3, -0.25) is 4.79 Å². The molecule has 0 radical (unpaired) electrons. The third-order valence-electron chi connectivity index (χ3n) is 2.80. The predicted molar refractivity (Wildman–Crippen MR) is 77.9 cm³/mol. The van der Waals surface area contributed by atoms with Crippen molar-refractivity contribution in [3.05, 3.63) is 63.4 Å². The van der Waals surface area contributed by atoms with Gasteiger partial charge in [-0.05, 0) is 52.7 Å². The normalized spacial score (nSPS) is 9.90. The molecule has 0 spiro atoms. The van der Waals surface area contributed by atoms with Gasteiger partial charge in [0.15, 0.2) is 0 Å². The van der Waals surface area contributed by atoms with Crippen LogP contribution in [0.4, 0.5) is 10.1 Å². The Kier molecular flexibility index (Phi) is 4.16. The molecule has 0 aliphatic carbocycles. The molecule has 0 atom stereocenters. The summed E-state index contributed by atoms with van der Waals surface area (Å²) in [4.78, 5) is 12.1. The van der Waals surface area contributed by atoms with Crippen LogP contribution in [0.2, 0.25) is 0 Å². The van der Waals surface area contributed by atoms with Crippen molar-refractivity contribution >= 4 is 27.5 Å². The highest BCUT2D eigenvalue weighted by Crippen LogP contribution is 2.23. The maximum Gasteiger partial charge on any atom is 0.259 e. The summed E-state index contributed by atoms with van der Waals surface area (Å²) in [6, 6.07) is 11.3. The lowest BCUT2D eigenvalue weighted by molar-refractivity contribution is 0.102. The van der Waals surface area contributed by atoms with Crippen molar-refractivity contribution in [1.82, 2.24) is 0 Å².